The summed E-state index contributed by atoms with van der Waals surface area (Å²) in [6, 6.07) is 3.89. The van der Waals surface area contributed by atoms with E-state index in [0.717, 1.165) is 37.9 Å². The summed E-state index contributed by atoms with van der Waals surface area (Å²) >= 11 is 0. The molecule has 0 spiro atoms. The fourth-order valence-corrected chi connectivity index (χ4v) is 4.57. The Hall–Kier alpha value is -1.71. The Labute approximate surface area is 153 Å². The molecule has 9 heteroatoms. The third-order valence-electron chi connectivity index (χ3n) is 5.38. The molecule has 2 fully saturated rings. The Morgan fingerprint density at radius 1 is 1.15 bits per heavy atom. The van der Waals surface area contributed by atoms with E-state index in [1.54, 1.807) is 0 Å². The van der Waals surface area contributed by atoms with Crippen molar-refractivity contribution in [2.45, 2.75) is 49.5 Å². The monoisotopic (exact) mass is 382 g/mol. The number of likely N-dealkylation sites (tertiary alicyclic amines) is 1. The number of rotatable bonds is 6. The van der Waals surface area contributed by atoms with Crippen LogP contribution in [0.1, 0.15) is 38.5 Å². The molecule has 0 atom stereocenters. The lowest BCUT2D eigenvalue weighted by molar-refractivity contribution is -0.385. The van der Waals surface area contributed by atoms with Gasteiger partial charge in [0.05, 0.1) is 9.82 Å². The van der Waals surface area contributed by atoms with Crippen molar-refractivity contribution in [1.82, 2.24) is 4.90 Å². The van der Waals surface area contributed by atoms with Crippen LogP contribution in [0.4, 0.5) is 11.4 Å². The molecule has 3 rings (SSSR count). The van der Waals surface area contributed by atoms with Crippen LogP contribution >= 0.6 is 0 Å². The van der Waals surface area contributed by atoms with Gasteiger partial charge < -0.3 is 10.2 Å². The van der Waals surface area contributed by atoms with Gasteiger partial charge in [0.25, 0.3) is 5.69 Å². The molecule has 8 nitrogen and oxygen atoms in total. The van der Waals surface area contributed by atoms with Crippen LogP contribution in [0.2, 0.25) is 0 Å². The summed E-state index contributed by atoms with van der Waals surface area (Å²) in [5, 5.41) is 19.5. The Bertz CT molecular complexity index is 754. The van der Waals surface area contributed by atoms with E-state index in [0.29, 0.717) is 5.69 Å². The third kappa shape index (κ3) is 4.93. The summed E-state index contributed by atoms with van der Waals surface area (Å²) in [6.07, 6.45) is 7.23. The van der Waals surface area contributed by atoms with Gasteiger partial charge in [0.1, 0.15) is 0 Å². The summed E-state index contributed by atoms with van der Waals surface area (Å²) in [7, 11) is -4.00. The molecule has 1 heterocycles. The lowest BCUT2D eigenvalue weighted by Gasteiger charge is -2.34. The molecule has 1 aliphatic carbocycles. The number of non-ortho nitro benzene ring substituents is 1. The minimum atomic E-state index is -4.00. The number of sulfonamides is 1. The van der Waals surface area contributed by atoms with E-state index in [1.807, 2.05) is 0 Å². The van der Waals surface area contributed by atoms with Crippen molar-refractivity contribution in [3.63, 3.8) is 0 Å². The largest absolute Gasteiger partial charge is 0.382 e. The van der Waals surface area contributed by atoms with Crippen LogP contribution in [0, 0.1) is 16.0 Å². The van der Waals surface area contributed by atoms with Gasteiger partial charge in [0.2, 0.25) is 10.0 Å². The summed E-state index contributed by atoms with van der Waals surface area (Å²) in [5.74, 6) is 0.827. The fraction of sp³-hybridized carbons (Fsp3) is 0.647. The number of piperidine rings is 1. The number of anilines is 1. The predicted molar refractivity (Wildman–Crippen MR) is 99.5 cm³/mol. The Morgan fingerprint density at radius 2 is 1.81 bits per heavy atom. The van der Waals surface area contributed by atoms with Crippen LogP contribution < -0.4 is 10.5 Å². The van der Waals surface area contributed by atoms with Gasteiger partial charge in [-0.2, -0.15) is 0 Å². The molecule has 1 saturated heterocycles. The molecule has 144 valence electrons. The van der Waals surface area contributed by atoms with Gasteiger partial charge >= 0.3 is 0 Å². The van der Waals surface area contributed by atoms with Gasteiger partial charge in [-0.25, -0.2) is 13.6 Å². The summed E-state index contributed by atoms with van der Waals surface area (Å²) in [5.41, 5.74) is 0.148. The van der Waals surface area contributed by atoms with Crippen molar-refractivity contribution in [3.05, 3.63) is 28.3 Å². The SMILES string of the molecule is NS(=O)(=O)c1cc(NC2CCN(CC3CCCC3)CC2)cc([N+](=O)[O-])c1. The van der Waals surface area contributed by atoms with E-state index in [4.69, 9.17) is 5.14 Å². The maximum Gasteiger partial charge on any atom is 0.272 e. The number of nitro groups is 1. The van der Waals surface area contributed by atoms with Crippen molar-refractivity contribution in [1.29, 1.82) is 0 Å². The lowest BCUT2D eigenvalue weighted by atomic mass is 10.0. The molecule has 1 aliphatic heterocycles. The number of primary sulfonamides is 1. The lowest BCUT2D eigenvalue weighted by Crippen LogP contribution is -2.41. The Kier molecular flexibility index (Phi) is 5.79. The van der Waals surface area contributed by atoms with Gasteiger partial charge in [-0.05, 0) is 37.7 Å². The van der Waals surface area contributed by atoms with Crippen LogP contribution in [0.3, 0.4) is 0 Å². The summed E-state index contributed by atoms with van der Waals surface area (Å²) in [6.45, 7) is 3.15. The molecule has 1 aromatic carbocycles. The van der Waals surface area contributed by atoms with Gasteiger partial charge in [-0.3, -0.25) is 10.1 Å². The highest BCUT2D eigenvalue weighted by Gasteiger charge is 2.24. The van der Waals surface area contributed by atoms with E-state index >= 15 is 0 Å². The second-order valence-corrected chi connectivity index (χ2v) is 8.95. The quantitative estimate of drug-likeness (QED) is 0.576. The topological polar surface area (TPSA) is 119 Å². The third-order valence-corrected chi connectivity index (χ3v) is 6.27. The van der Waals surface area contributed by atoms with Gasteiger partial charge in [-0.1, -0.05) is 12.8 Å². The molecule has 0 unspecified atom stereocenters. The van der Waals surface area contributed by atoms with Crippen LogP contribution in [-0.4, -0.2) is 43.9 Å². The van der Waals surface area contributed by atoms with Crippen molar-refractivity contribution in [2.75, 3.05) is 25.0 Å². The van der Waals surface area contributed by atoms with Gasteiger partial charge in [0.15, 0.2) is 0 Å². The Balaban J connectivity index is 1.62. The first kappa shape index (κ1) is 19.1. The zero-order chi connectivity index (χ0) is 18.7. The van der Waals surface area contributed by atoms with E-state index in [-0.39, 0.29) is 16.6 Å². The van der Waals surface area contributed by atoms with Crippen LogP contribution in [0.25, 0.3) is 0 Å². The normalized spacial score (nSPS) is 20.3. The number of benzene rings is 1. The molecule has 2 aliphatic rings. The van der Waals surface area contributed by atoms with E-state index in [9.17, 15) is 18.5 Å². The second kappa shape index (κ2) is 7.89. The minimum absolute atomic E-state index is 0.171. The standard InChI is InChI=1S/C17H26N4O4S/c18-26(24,25)17-10-15(9-16(11-17)21(22)23)19-14-5-7-20(8-6-14)12-13-3-1-2-4-13/h9-11,13-14,19H,1-8,12H2,(H2,18,24,25). The molecule has 26 heavy (non-hydrogen) atoms. The highest BCUT2D eigenvalue weighted by molar-refractivity contribution is 7.89. The number of nitrogens with zero attached hydrogens (tertiary/aromatic N) is 2. The van der Waals surface area contributed by atoms with Crippen molar-refractivity contribution < 1.29 is 13.3 Å². The first-order valence-electron chi connectivity index (χ1n) is 9.12. The van der Waals surface area contributed by atoms with E-state index < -0.39 is 14.9 Å². The number of nitro benzene ring substituents is 1. The zero-order valence-corrected chi connectivity index (χ0v) is 15.6. The molecular weight excluding hydrogens is 356 g/mol. The maximum atomic E-state index is 11.6. The first-order chi connectivity index (χ1) is 12.3. The van der Waals surface area contributed by atoms with Gasteiger partial charge in [0, 0.05) is 43.5 Å². The van der Waals surface area contributed by atoms with Crippen LogP contribution in [-0.2, 0) is 10.0 Å². The number of nitrogens with one attached hydrogen (secondary N) is 1. The van der Waals surface area contributed by atoms with E-state index in [1.165, 1.54) is 44.4 Å². The molecule has 1 saturated carbocycles. The minimum Gasteiger partial charge on any atom is -0.382 e. The van der Waals surface area contributed by atoms with Gasteiger partial charge in [-0.15, -0.1) is 0 Å². The Morgan fingerprint density at radius 3 is 2.38 bits per heavy atom. The molecule has 0 radical (unpaired) electrons. The first-order valence-corrected chi connectivity index (χ1v) is 10.7. The average Bonchev–Trinajstić information content (AvgIpc) is 3.08. The van der Waals surface area contributed by atoms with Crippen LogP contribution in [0.15, 0.2) is 23.1 Å². The molecule has 0 bridgehead atoms. The number of nitrogens with two attached hydrogens (primary N) is 1. The number of hydrogen-bond donors (Lipinski definition) is 2. The highest BCUT2D eigenvalue weighted by Crippen LogP contribution is 2.28. The van der Waals surface area contributed by atoms with Crippen molar-refractivity contribution in [3.8, 4) is 0 Å². The fourth-order valence-electron chi connectivity index (χ4n) is 3.99. The predicted octanol–water partition coefficient (Wildman–Crippen LogP) is 2.31. The van der Waals surface area contributed by atoms with E-state index in [2.05, 4.69) is 10.2 Å². The number of hydrogen-bond acceptors (Lipinski definition) is 6. The van der Waals surface area contributed by atoms with Crippen LogP contribution in [0.5, 0.6) is 0 Å². The molecule has 3 N–H and O–H groups in total. The van der Waals surface area contributed by atoms with Crippen molar-refractivity contribution in [2.24, 2.45) is 11.1 Å². The highest BCUT2D eigenvalue weighted by atomic mass is 32.2. The summed E-state index contributed by atoms with van der Waals surface area (Å²) < 4.78 is 23.2. The zero-order valence-electron chi connectivity index (χ0n) is 14.8. The summed E-state index contributed by atoms with van der Waals surface area (Å²) in [4.78, 5) is 12.7. The second-order valence-electron chi connectivity index (χ2n) is 7.39. The smallest absolute Gasteiger partial charge is 0.272 e. The molecule has 0 amide bonds. The molecular formula is C17H26N4O4S. The van der Waals surface area contributed by atoms with Crippen molar-refractivity contribution >= 4 is 21.4 Å². The maximum absolute atomic E-state index is 11.6. The average molecular weight is 382 g/mol. The molecule has 0 aromatic heterocycles. The molecule has 1 aromatic rings.